The van der Waals surface area contributed by atoms with E-state index in [2.05, 4.69) is 25.3 Å². The fraction of sp³-hybridized carbons (Fsp3) is 0.368. The van der Waals surface area contributed by atoms with Crippen LogP contribution in [0.3, 0.4) is 0 Å². The van der Waals surface area contributed by atoms with Crippen LogP contribution in [0, 0.1) is 12.8 Å². The van der Waals surface area contributed by atoms with Crippen LogP contribution in [0.25, 0.3) is 0 Å². The molecule has 0 aliphatic heterocycles. The molecule has 0 saturated heterocycles. The number of halogens is 3. The van der Waals surface area contributed by atoms with E-state index in [1.54, 1.807) is 13.8 Å². The predicted molar refractivity (Wildman–Crippen MR) is 97.1 cm³/mol. The third-order valence-electron chi connectivity index (χ3n) is 4.23. The van der Waals surface area contributed by atoms with Crippen molar-refractivity contribution in [3.05, 3.63) is 47.3 Å². The van der Waals surface area contributed by atoms with Crippen LogP contribution in [0.5, 0.6) is 5.75 Å². The number of alkyl halides is 3. The number of hydrogen-bond donors (Lipinski definition) is 2. The maximum atomic E-state index is 12.5. The summed E-state index contributed by atoms with van der Waals surface area (Å²) >= 11 is 0. The minimum absolute atomic E-state index is 0.0271. The minimum Gasteiger partial charge on any atom is -0.406 e. The lowest BCUT2D eigenvalue weighted by atomic mass is 10.1. The van der Waals surface area contributed by atoms with Crippen molar-refractivity contribution in [2.75, 3.05) is 5.32 Å². The second kappa shape index (κ2) is 8.06. The summed E-state index contributed by atoms with van der Waals surface area (Å²) in [7, 11) is 0. The van der Waals surface area contributed by atoms with Crippen LogP contribution >= 0.6 is 0 Å². The number of rotatable bonds is 6. The van der Waals surface area contributed by atoms with Gasteiger partial charge in [-0.2, -0.15) is 0 Å². The third-order valence-corrected chi connectivity index (χ3v) is 4.23. The molecule has 2 aromatic rings. The molecule has 1 fully saturated rings. The van der Waals surface area contributed by atoms with Gasteiger partial charge in [0.1, 0.15) is 11.4 Å². The van der Waals surface area contributed by atoms with E-state index in [4.69, 9.17) is 0 Å². The Bertz CT molecular complexity index is 912. The molecule has 2 amide bonds. The maximum absolute atomic E-state index is 12.5. The molecule has 0 bridgehead atoms. The van der Waals surface area contributed by atoms with E-state index in [0.717, 1.165) is 12.8 Å². The smallest absolute Gasteiger partial charge is 0.406 e. The van der Waals surface area contributed by atoms with Crippen LogP contribution in [0.2, 0.25) is 0 Å². The van der Waals surface area contributed by atoms with E-state index in [9.17, 15) is 22.8 Å². The van der Waals surface area contributed by atoms with Crippen LogP contribution in [-0.2, 0) is 4.79 Å². The first-order chi connectivity index (χ1) is 13.6. The zero-order valence-corrected chi connectivity index (χ0v) is 15.7. The highest BCUT2D eigenvalue weighted by molar-refractivity contribution is 5.95. The highest BCUT2D eigenvalue weighted by Gasteiger charge is 2.31. The van der Waals surface area contributed by atoms with Crippen LogP contribution in [0.1, 0.15) is 47.6 Å². The third kappa shape index (κ3) is 5.90. The lowest BCUT2D eigenvalue weighted by Gasteiger charge is -2.15. The van der Waals surface area contributed by atoms with Crippen molar-refractivity contribution in [1.29, 1.82) is 0 Å². The van der Waals surface area contributed by atoms with E-state index in [1.807, 2.05) is 0 Å². The summed E-state index contributed by atoms with van der Waals surface area (Å²) in [6.07, 6.45) is -3.11. The highest BCUT2D eigenvalue weighted by Crippen LogP contribution is 2.29. The number of aromatic nitrogens is 2. The maximum Gasteiger partial charge on any atom is 0.573 e. The Balaban J connectivity index is 1.66. The van der Waals surface area contributed by atoms with Gasteiger partial charge in [-0.05, 0) is 50.5 Å². The molecule has 1 aliphatic carbocycles. The Labute approximate surface area is 164 Å². The lowest BCUT2D eigenvalue weighted by molar-refractivity contribution is -0.274. The Morgan fingerprint density at radius 1 is 1.17 bits per heavy atom. The number of benzene rings is 1. The van der Waals surface area contributed by atoms with Crippen molar-refractivity contribution in [2.24, 2.45) is 5.92 Å². The second-order valence-corrected chi connectivity index (χ2v) is 6.79. The van der Waals surface area contributed by atoms with Crippen LogP contribution in [0.4, 0.5) is 19.1 Å². The van der Waals surface area contributed by atoms with Gasteiger partial charge in [0.2, 0.25) is 11.9 Å². The van der Waals surface area contributed by atoms with E-state index < -0.39 is 18.3 Å². The molecule has 1 heterocycles. The lowest BCUT2D eigenvalue weighted by Crippen LogP contribution is -2.28. The molecule has 1 saturated carbocycles. The second-order valence-electron chi connectivity index (χ2n) is 6.79. The van der Waals surface area contributed by atoms with Gasteiger partial charge in [-0.3, -0.25) is 14.9 Å². The van der Waals surface area contributed by atoms with E-state index in [1.165, 1.54) is 30.3 Å². The number of nitrogens with zero attached hydrogens (tertiary/aromatic N) is 2. The number of amides is 2. The van der Waals surface area contributed by atoms with Crippen molar-refractivity contribution in [1.82, 2.24) is 15.3 Å². The SMILES string of the molecule is Cc1cc(C(=O)NC(C)c2ccc(OC(F)(F)F)cc2)nc(NC(=O)C2CC2)n1. The molecular formula is C19H19F3N4O3. The molecule has 154 valence electrons. The van der Waals surface area contributed by atoms with Crippen molar-refractivity contribution in [3.8, 4) is 5.75 Å². The summed E-state index contributed by atoms with van der Waals surface area (Å²) in [6, 6.07) is 6.19. The number of carbonyl (C=O) groups is 2. The molecule has 29 heavy (non-hydrogen) atoms. The zero-order chi connectivity index (χ0) is 21.2. The minimum atomic E-state index is -4.77. The number of hydrogen-bond acceptors (Lipinski definition) is 5. The summed E-state index contributed by atoms with van der Waals surface area (Å²) < 4.78 is 40.5. The molecule has 1 atom stereocenters. The molecule has 7 nitrogen and oxygen atoms in total. The molecule has 0 radical (unpaired) electrons. The first-order valence-corrected chi connectivity index (χ1v) is 8.94. The van der Waals surface area contributed by atoms with Gasteiger partial charge >= 0.3 is 6.36 Å². The summed E-state index contributed by atoms with van der Waals surface area (Å²) in [5.41, 5.74) is 1.17. The Hall–Kier alpha value is -3.17. The molecular weight excluding hydrogens is 389 g/mol. The largest absolute Gasteiger partial charge is 0.573 e. The highest BCUT2D eigenvalue weighted by atomic mass is 19.4. The fourth-order valence-corrected chi connectivity index (χ4v) is 2.61. The number of nitrogens with one attached hydrogen (secondary N) is 2. The van der Waals surface area contributed by atoms with E-state index in [0.29, 0.717) is 11.3 Å². The Kier molecular flexibility index (Phi) is 5.71. The van der Waals surface area contributed by atoms with Crippen LogP contribution < -0.4 is 15.4 Å². The number of carbonyl (C=O) groups excluding carboxylic acids is 2. The van der Waals surface area contributed by atoms with E-state index >= 15 is 0 Å². The Morgan fingerprint density at radius 3 is 2.41 bits per heavy atom. The van der Waals surface area contributed by atoms with Gasteiger partial charge < -0.3 is 10.1 Å². The van der Waals surface area contributed by atoms with Crippen LogP contribution in [0.15, 0.2) is 30.3 Å². The number of aryl methyl sites for hydroxylation is 1. The topological polar surface area (TPSA) is 93.2 Å². The fourth-order valence-electron chi connectivity index (χ4n) is 2.61. The van der Waals surface area contributed by atoms with Gasteiger partial charge in [-0.15, -0.1) is 13.2 Å². The molecule has 1 unspecified atom stereocenters. The van der Waals surface area contributed by atoms with Crippen molar-refractivity contribution in [3.63, 3.8) is 0 Å². The molecule has 1 aliphatic rings. The summed E-state index contributed by atoms with van der Waals surface area (Å²) in [5, 5.41) is 5.32. The standard InChI is InChI=1S/C19H19F3N4O3/c1-10-9-15(25-18(23-10)26-16(27)13-3-4-13)17(28)24-11(2)12-5-7-14(8-6-12)29-19(20,21)22/h5-9,11,13H,3-4H2,1-2H3,(H,24,28)(H,23,25,26,27). The summed E-state index contributed by atoms with van der Waals surface area (Å²) in [5.74, 6) is -0.978. The van der Waals surface area contributed by atoms with Gasteiger partial charge in [0.15, 0.2) is 0 Å². The first-order valence-electron chi connectivity index (χ1n) is 8.94. The van der Waals surface area contributed by atoms with Gasteiger partial charge in [-0.25, -0.2) is 9.97 Å². The molecule has 1 aromatic heterocycles. The Morgan fingerprint density at radius 2 is 1.83 bits per heavy atom. The number of anilines is 1. The average molecular weight is 408 g/mol. The molecule has 0 spiro atoms. The molecule has 2 N–H and O–H groups in total. The summed E-state index contributed by atoms with van der Waals surface area (Å²) in [6.45, 7) is 3.36. The quantitative estimate of drug-likeness (QED) is 0.763. The van der Waals surface area contributed by atoms with Gasteiger partial charge in [0.25, 0.3) is 5.91 Å². The number of ether oxygens (including phenoxy) is 1. The molecule has 1 aromatic carbocycles. The monoisotopic (exact) mass is 408 g/mol. The average Bonchev–Trinajstić information content (AvgIpc) is 3.45. The van der Waals surface area contributed by atoms with Gasteiger partial charge in [-0.1, -0.05) is 12.1 Å². The van der Waals surface area contributed by atoms with Crippen molar-refractivity contribution < 1.29 is 27.5 Å². The van der Waals surface area contributed by atoms with Crippen LogP contribution in [-0.4, -0.2) is 28.1 Å². The normalized spacial score (nSPS) is 14.8. The van der Waals surface area contributed by atoms with Gasteiger partial charge in [0.05, 0.1) is 6.04 Å². The van der Waals surface area contributed by atoms with Crippen molar-refractivity contribution in [2.45, 2.75) is 39.1 Å². The molecule has 3 rings (SSSR count). The van der Waals surface area contributed by atoms with E-state index in [-0.39, 0.29) is 29.2 Å². The van der Waals surface area contributed by atoms with Gasteiger partial charge in [0, 0.05) is 11.6 Å². The zero-order valence-electron chi connectivity index (χ0n) is 15.7. The molecule has 10 heteroatoms. The predicted octanol–water partition coefficient (Wildman–Crippen LogP) is 3.52. The first kappa shape index (κ1) is 20.6. The summed E-state index contributed by atoms with van der Waals surface area (Å²) in [4.78, 5) is 32.6. The van der Waals surface area contributed by atoms with Crippen molar-refractivity contribution >= 4 is 17.8 Å².